The molecule has 0 heterocycles. The van der Waals surface area contributed by atoms with E-state index in [0.717, 1.165) is 0 Å². The van der Waals surface area contributed by atoms with E-state index in [1.165, 1.54) is 6.07 Å². The number of carbonyl (C=O) groups excluding carboxylic acids is 1. The van der Waals surface area contributed by atoms with Crippen LogP contribution in [0.3, 0.4) is 0 Å². The summed E-state index contributed by atoms with van der Waals surface area (Å²) >= 11 is 11.7. The first-order valence-corrected chi connectivity index (χ1v) is 8.09. The summed E-state index contributed by atoms with van der Waals surface area (Å²) in [5.41, 5.74) is 0.490. The molecule has 110 valence electrons. The van der Waals surface area contributed by atoms with Crippen LogP contribution in [0.4, 0.5) is 0 Å². The van der Waals surface area contributed by atoms with Crippen molar-refractivity contribution in [2.75, 3.05) is 12.9 Å². The molecule has 2 rings (SSSR count). The van der Waals surface area contributed by atoms with Crippen molar-refractivity contribution in [2.45, 2.75) is 4.90 Å². The Labute approximate surface area is 135 Å². The van der Waals surface area contributed by atoms with Gasteiger partial charge in [-0.15, -0.1) is 0 Å². The zero-order chi connectivity index (χ0) is 15.4. The van der Waals surface area contributed by atoms with Gasteiger partial charge in [0.1, 0.15) is 5.75 Å². The molecule has 0 aromatic heterocycles. The minimum atomic E-state index is -1.46. The predicted molar refractivity (Wildman–Crippen MR) is 85.1 cm³/mol. The quantitative estimate of drug-likeness (QED) is 0.771. The fraction of sp³-hybridized carbons (Fsp3) is 0.133. The molecule has 2 aromatic carbocycles. The lowest BCUT2D eigenvalue weighted by Crippen LogP contribution is -2.11. The lowest BCUT2D eigenvalue weighted by atomic mass is 10.1. The molecule has 0 bridgehead atoms. The molecule has 3 nitrogen and oxygen atoms in total. The average molecular weight is 343 g/mol. The third-order valence-electron chi connectivity index (χ3n) is 2.83. The molecule has 0 aliphatic carbocycles. The van der Waals surface area contributed by atoms with E-state index >= 15 is 0 Å². The van der Waals surface area contributed by atoms with Gasteiger partial charge in [0.05, 0.1) is 33.7 Å². The van der Waals surface area contributed by atoms with Crippen LogP contribution in [0.2, 0.25) is 10.0 Å². The Hall–Kier alpha value is -1.36. The predicted octanol–water partition coefficient (Wildman–Crippen LogP) is 3.99. The van der Waals surface area contributed by atoms with E-state index in [4.69, 9.17) is 27.9 Å². The van der Waals surface area contributed by atoms with Crippen molar-refractivity contribution >= 4 is 39.8 Å². The van der Waals surface area contributed by atoms with Crippen molar-refractivity contribution in [1.82, 2.24) is 0 Å². The molecule has 0 saturated carbocycles. The lowest BCUT2D eigenvalue weighted by Gasteiger charge is -2.05. The zero-order valence-electron chi connectivity index (χ0n) is 11.1. The standard InChI is InChI=1S/C15H12Cl2O3S/c1-20-11-4-2-10(3-5-11)15(18)9-21(19)12-6-7-13(16)14(17)8-12/h2-8H,9H2,1H3. The van der Waals surface area contributed by atoms with Crippen molar-refractivity contribution in [2.24, 2.45) is 0 Å². The van der Waals surface area contributed by atoms with Crippen LogP contribution in [-0.4, -0.2) is 22.9 Å². The SMILES string of the molecule is COc1ccc(C(=O)CS(=O)c2ccc(Cl)c(Cl)c2)cc1. The number of hydrogen-bond acceptors (Lipinski definition) is 3. The number of carbonyl (C=O) groups is 1. The first-order valence-electron chi connectivity index (χ1n) is 6.02. The summed E-state index contributed by atoms with van der Waals surface area (Å²) in [6.07, 6.45) is 0. The second kappa shape index (κ2) is 7.07. The molecule has 0 radical (unpaired) electrons. The highest BCUT2D eigenvalue weighted by Crippen LogP contribution is 2.24. The number of ketones is 1. The topological polar surface area (TPSA) is 43.4 Å². The molecule has 0 saturated heterocycles. The normalized spacial score (nSPS) is 12.0. The van der Waals surface area contributed by atoms with Crippen LogP contribution in [-0.2, 0) is 10.8 Å². The first-order chi connectivity index (χ1) is 10.0. The molecule has 0 N–H and O–H groups in total. The molecule has 0 fully saturated rings. The summed E-state index contributed by atoms with van der Waals surface area (Å²) < 4.78 is 17.2. The van der Waals surface area contributed by atoms with Gasteiger partial charge in [-0.25, -0.2) is 0 Å². The van der Waals surface area contributed by atoms with Gasteiger partial charge in [0.15, 0.2) is 5.78 Å². The lowest BCUT2D eigenvalue weighted by molar-refractivity contribution is 0.102. The highest BCUT2D eigenvalue weighted by Gasteiger charge is 2.13. The summed E-state index contributed by atoms with van der Waals surface area (Å²) in [6.45, 7) is 0. The van der Waals surface area contributed by atoms with Crippen molar-refractivity contribution in [3.05, 3.63) is 58.1 Å². The third-order valence-corrected chi connectivity index (χ3v) is 4.87. The number of Topliss-reactive ketones (excluding diaryl/α,β-unsaturated/α-hetero) is 1. The Kier molecular flexibility index (Phi) is 5.39. The molecule has 1 unspecified atom stereocenters. The van der Waals surface area contributed by atoms with Gasteiger partial charge in [-0.2, -0.15) is 0 Å². The van der Waals surface area contributed by atoms with Gasteiger partial charge in [-0.1, -0.05) is 23.2 Å². The highest BCUT2D eigenvalue weighted by atomic mass is 35.5. The third kappa shape index (κ3) is 4.06. The molecule has 0 amide bonds. The highest BCUT2D eigenvalue weighted by molar-refractivity contribution is 7.85. The molecule has 6 heteroatoms. The molecular weight excluding hydrogens is 331 g/mol. The molecule has 0 spiro atoms. The van der Waals surface area contributed by atoms with Gasteiger partial charge < -0.3 is 4.74 Å². The van der Waals surface area contributed by atoms with E-state index in [0.29, 0.717) is 26.3 Å². The molecular formula is C15H12Cl2O3S. The Morgan fingerprint density at radius 3 is 2.33 bits per heavy atom. The zero-order valence-corrected chi connectivity index (χ0v) is 13.5. The van der Waals surface area contributed by atoms with E-state index < -0.39 is 10.8 Å². The Morgan fingerprint density at radius 2 is 1.76 bits per heavy atom. The van der Waals surface area contributed by atoms with Gasteiger partial charge in [0, 0.05) is 10.5 Å². The average Bonchev–Trinajstić information content (AvgIpc) is 2.50. The fourth-order valence-corrected chi connectivity index (χ4v) is 3.08. The van der Waals surface area contributed by atoms with Gasteiger partial charge >= 0.3 is 0 Å². The van der Waals surface area contributed by atoms with Crippen molar-refractivity contribution < 1.29 is 13.7 Å². The van der Waals surface area contributed by atoms with E-state index in [-0.39, 0.29) is 11.5 Å². The van der Waals surface area contributed by atoms with Crippen LogP contribution in [0.5, 0.6) is 5.75 Å². The second-order valence-corrected chi connectivity index (χ2v) is 6.48. The maximum absolute atomic E-state index is 12.2. The monoisotopic (exact) mass is 342 g/mol. The molecule has 0 aliphatic rings. The summed E-state index contributed by atoms with van der Waals surface area (Å²) in [5, 5.41) is 0.707. The van der Waals surface area contributed by atoms with Crippen LogP contribution >= 0.6 is 23.2 Å². The summed E-state index contributed by atoms with van der Waals surface area (Å²) in [5.74, 6) is 0.351. The number of rotatable bonds is 5. The van der Waals surface area contributed by atoms with Crippen LogP contribution in [0.15, 0.2) is 47.4 Å². The fourth-order valence-electron chi connectivity index (χ4n) is 1.68. The van der Waals surface area contributed by atoms with E-state index in [9.17, 15) is 9.00 Å². The largest absolute Gasteiger partial charge is 0.497 e. The van der Waals surface area contributed by atoms with Crippen LogP contribution in [0, 0.1) is 0 Å². The number of hydrogen-bond donors (Lipinski definition) is 0. The maximum atomic E-state index is 12.2. The van der Waals surface area contributed by atoms with Crippen molar-refractivity contribution in [1.29, 1.82) is 0 Å². The van der Waals surface area contributed by atoms with Gasteiger partial charge in [-0.3, -0.25) is 9.00 Å². The minimum absolute atomic E-state index is 0.107. The maximum Gasteiger partial charge on any atom is 0.175 e. The number of halogens is 2. The minimum Gasteiger partial charge on any atom is -0.497 e. The first kappa shape index (κ1) is 16.0. The van der Waals surface area contributed by atoms with E-state index in [2.05, 4.69) is 0 Å². The number of ether oxygens (including phenoxy) is 1. The Bertz CT molecular complexity index is 684. The molecule has 21 heavy (non-hydrogen) atoms. The van der Waals surface area contributed by atoms with E-state index in [1.807, 2.05) is 0 Å². The van der Waals surface area contributed by atoms with Crippen LogP contribution in [0.1, 0.15) is 10.4 Å². The van der Waals surface area contributed by atoms with Gasteiger partial charge in [-0.05, 0) is 42.5 Å². The second-order valence-electron chi connectivity index (χ2n) is 4.22. The molecule has 0 aliphatic heterocycles. The van der Waals surface area contributed by atoms with Gasteiger partial charge in [0.25, 0.3) is 0 Å². The smallest absolute Gasteiger partial charge is 0.175 e. The molecule has 1 atom stereocenters. The van der Waals surface area contributed by atoms with Crippen LogP contribution < -0.4 is 4.74 Å². The van der Waals surface area contributed by atoms with E-state index in [1.54, 1.807) is 43.5 Å². The Balaban J connectivity index is 2.10. The number of benzene rings is 2. The van der Waals surface area contributed by atoms with Gasteiger partial charge in [0.2, 0.25) is 0 Å². The van der Waals surface area contributed by atoms with Crippen molar-refractivity contribution in [3.8, 4) is 5.75 Å². The van der Waals surface area contributed by atoms with Crippen LogP contribution in [0.25, 0.3) is 0 Å². The Morgan fingerprint density at radius 1 is 1.10 bits per heavy atom. The summed E-state index contributed by atoms with van der Waals surface area (Å²) in [7, 11) is 0.0882. The summed E-state index contributed by atoms with van der Waals surface area (Å²) in [6, 6.07) is 11.4. The summed E-state index contributed by atoms with van der Waals surface area (Å²) in [4.78, 5) is 12.6. The number of methoxy groups -OCH3 is 1. The van der Waals surface area contributed by atoms with Crippen molar-refractivity contribution in [3.63, 3.8) is 0 Å². The molecule has 2 aromatic rings.